The first-order valence-electron chi connectivity index (χ1n) is 9.88. The molecule has 0 radical (unpaired) electrons. The lowest BCUT2D eigenvalue weighted by Crippen LogP contribution is -2.41. The van der Waals surface area contributed by atoms with Crippen molar-refractivity contribution in [2.75, 3.05) is 25.1 Å². The number of amides is 2. The highest BCUT2D eigenvalue weighted by Gasteiger charge is 2.40. The van der Waals surface area contributed by atoms with Crippen LogP contribution < -0.4 is 9.64 Å². The van der Waals surface area contributed by atoms with E-state index in [1.54, 1.807) is 7.11 Å². The topological polar surface area (TPSA) is 49.9 Å². The molecule has 4 rings (SSSR count). The number of likely N-dealkylation sites (tertiary alicyclic amines) is 1. The average Bonchev–Trinajstić information content (AvgIpc) is 3.25. The molecule has 28 heavy (non-hydrogen) atoms. The van der Waals surface area contributed by atoms with Crippen LogP contribution in [0.15, 0.2) is 48.5 Å². The molecule has 0 aromatic heterocycles. The molecule has 0 bridgehead atoms. The number of hydrogen-bond acceptors (Lipinski definition) is 3. The molecule has 2 heterocycles. The summed E-state index contributed by atoms with van der Waals surface area (Å²) in [5.74, 6) is 0.730. The molecule has 0 aliphatic carbocycles. The highest BCUT2D eigenvalue weighted by Crippen LogP contribution is 2.34. The van der Waals surface area contributed by atoms with Crippen LogP contribution in [0.4, 0.5) is 5.69 Å². The Labute approximate surface area is 165 Å². The van der Waals surface area contributed by atoms with E-state index in [1.165, 1.54) is 5.56 Å². The maximum absolute atomic E-state index is 13.2. The van der Waals surface area contributed by atoms with Crippen LogP contribution in [0.25, 0.3) is 0 Å². The molecule has 2 aromatic carbocycles. The van der Waals surface area contributed by atoms with Crippen LogP contribution in [0.2, 0.25) is 0 Å². The van der Waals surface area contributed by atoms with Crippen molar-refractivity contribution in [3.63, 3.8) is 0 Å². The number of carbonyl (C=O) groups excluding carboxylic acids is 2. The van der Waals surface area contributed by atoms with Crippen molar-refractivity contribution in [1.82, 2.24) is 4.90 Å². The van der Waals surface area contributed by atoms with Crippen LogP contribution in [0.1, 0.15) is 24.5 Å². The fourth-order valence-electron chi connectivity index (χ4n) is 4.31. The SMILES string of the molecule is COc1ccc(CCN2CC(C(=O)N3c4ccccc4CC3C)CC2=O)cc1. The maximum Gasteiger partial charge on any atom is 0.232 e. The summed E-state index contributed by atoms with van der Waals surface area (Å²) in [4.78, 5) is 29.4. The van der Waals surface area contributed by atoms with Gasteiger partial charge in [0.1, 0.15) is 5.75 Å². The third kappa shape index (κ3) is 3.49. The molecule has 5 heteroatoms. The second-order valence-electron chi connectivity index (χ2n) is 7.73. The molecule has 0 saturated carbocycles. The van der Waals surface area contributed by atoms with E-state index in [4.69, 9.17) is 4.74 Å². The first kappa shape index (κ1) is 18.5. The standard InChI is InChI=1S/C23H26N2O3/c1-16-13-18-5-3-4-6-21(18)25(16)23(27)19-14-22(26)24(15-19)12-11-17-7-9-20(28-2)10-8-17/h3-10,16,19H,11-15H2,1-2H3. The van der Waals surface area contributed by atoms with E-state index in [-0.39, 0.29) is 23.8 Å². The number of carbonyl (C=O) groups is 2. The summed E-state index contributed by atoms with van der Waals surface area (Å²) < 4.78 is 5.18. The van der Waals surface area contributed by atoms with E-state index in [0.29, 0.717) is 19.5 Å². The zero-order chi connectivity index (χ0) is 19.7. The number of fused-ring (bicyclic) bond motifs is 1. The van der Waals surface area contributed by atoms with Crippen molar-refractivity contribution in [2.24, 2.45) is 5.92 Å². The minimum atomic E-state index is -0.253. The van der Waals surface area contributed by atoms with Crippen molar-refractivity contribution in [3.8, 4) is 5.75 Å². The Bertz CT molecular complexity index is 878. The van der Waals surface area contributed by atoms with Crippen LogP contribution in [-0.4, -0.2) is 43.0 Å². The predicted molar refractivity (Wildman–Crippen MR) is 108 cm³/mol. The van der Waals surface area contributed by atoms with Gasteiger partial charge in [-0.1, -0.05) is 30.3 Å². The number of rotatable bonds is 5. The fraction of sp³-hybridized carbons (Fsp3) is 0.391. The lowest BCUT2D eigenvalue weighted by molar-refractivity contribution is -0.128. The van der Waals surface area contributed by atoms with Gasteiger partial charge in [-0.25, -0.2) is 0 Å². The number of methoxy groups -OCH3 is 1. The van der Waals surface area contributed by atoms with Crippen molar-refractivity contribution < 1.29 is 14.3 Å². The molecule has 2 aliphatic heterocycles. The second-order valence-corrected chi connectivity index (χ2v) is 7.73. The van der Waals surface area contributed by atoms with E-state index in [2.05, 4.69) is 13.0 Å². The second kappa shape index (κ2) is 7.66. The summed E-state index contributed by atoms with van der Waals surface area (Å²) >= 11 is 0. The van der Waals surface area contributed by atoms with Gasteiger partial charge in [-0.2, -0.15) is 0 Å². The van der Waals surface area contributed by atoms with Crippen LogP contribution in [0.3, 0.4) is 0 Å². The molecule has 146 valence electrons. The fourth-order valence-corrected chi connectivity index (χ4v) is 4.31. The molecule has 2 aliphatic rings. The number of para-hydroxylation sites is 1. The van der Waals surface area contributed by atoms with Gasteiger partial charge in [-0.15, -0.1) is 0 Å². The Morgan fingerprint density at radius 3 is 2.61 bits per heavy atom. The normalized spacial score (nSPS) is 21.1. The zero-order valence-corrected chi connectivity index (χ0v) is 16.4. The molecule has 2 atom stereocenters. The van der Waals surface area contributed by atoms with Crippen LogP contribution >= 0.6 is 0 Å². The molecular weight excluding hydrogens is 352 g/mol. The van der Waals surface area contributed by atoms with Crippen LogP contribution in [0.5, 0.6) is 5.75 Å². The Morgan fingerprint density at radius 1 is 1.11 bits per heavy atom. The molecule has 2 amide bonds. The molecule has 5 nitrogen and oxygen atoms in total. The minimum Gasteiger partial charge on any atom is -0.497 e. The van der Waals surface area contributed by atoms with Gasteiger partial charge in [0, 0.05) is 31.2 Å². The smallest absolute Gasteiger partial charge is 0.232 e. The van der Waals surface area contributed by atoms with E-state index in [9.17, 15) is 9.59 Å². The van der Waals surface area contributed by atoms with Gasteiger partial charge in [-0.3, -0.25) is 9.59 Å². The van der Waals surface area contributed by atoms with Crippen LogP contribution in [-0.2, 0) is 22.4 Å². The minimum absolute atomic E-state index is 0.0759. The van der Waals surface area contributed by atoms with Gasteiger partial charge in [0.2, 0.25) is 11.8 Å². The number of hydrogen-bond donors (Lipinski definition) is 0. The Hall–Kier alpha value is -2.82. The van der Waals surface area contributed by atoms with E-state index < -0.39 is 0 Å². The van der Waals surface area contributed by atoms with Gasteiger partial charge >= 0.3 is 0 Å². The zero-order valence-electron chi connectivity index (χ0n) is 16.4. The van der Waals surface area contributed by atoms with Gasteiger partial charge in [-0.05, 0) is 49.1 Å². The Balaban J connectivity index is 1.39. The average molecular weight is 378 g/mol. The van der Waals surface area contributed by atoms with Gasteiger partial charge in [0.25, 0.3) is 0 Å². The monoisotopic (exact) mass is 378 g/mol. The molecule has 2 unspecified atom stereocenters. The number of ether oxygens (including phenoxy) is 1. The molecule has 0 N–H and O–H groups in total. The van der Waals surface area contributed by atoms with Crippen molar-refractivity contribution in [1.29, 1.82) is 0 Å². The first-order chi connectivity index (χ1) is 13.6. The summed E-state index contributed by atoms with van der Waals surface area (Å²) in [7, 11) is 1.65. The Kier molecular flexibility index (Phi) is 5.07. The summed E-state index contributed by atoms with van der Waals surface area (Å²) in [5, 5.41) is 0. The molecule has 1 fully saturated rings. The van der Waals surface area contributed by atoms with Gasteiger partial charge < -0.3 is 14.5 Å². The van der Waals surface area contributed by atoms with E-state index >= 15 is 0 Å². The van der Waals surface area contributed by atoms with Crippen LogP contribution in [0, 0.1) is 5.92 Å². The quantitative estimate of drug-likeness (QED) is 0.803. The number of benzene rings is 2. The van der Waals surface area contributed by atoms with E-state index in [0.717, 1.165) is 29.8 Å². The predicted octanol–water partition coefficient (Wildman–Crippen LogP) is 3.06. The Morgan fingerprint density at radius 2 is 1.86 bits per heavy atom. The van der Waals surface area contributed by atoms with E-state index in [1.807, 2.05) is 52.3 Å². The summed E-state index contributed by atoms with van der Waals surface area (Å²) in [5.41, 5.74) is 3.37. The third-order valence-electron chi connectivity index (χ3n) is 5.84. The first-order valence-corrected chi connectivity index (χ1v) is 9.88. The molecule has 0 spiro atoms. The maximum atomic E-state index is 13.2. The lowest BCUT2D eigenvalue weighted by Gasteiger charge is -2.26. The summed E-state index contributed by atoms with van der Waals surface area (Å²) in [6.45, 7) is 3.23. The van der Waals surface area contributed by atoms with Crippen molar-refractivity contribution in [3.05, 3.63) is 59.7 Å². The number of nitrogens with zero attached hydrogens (tertiary/aromatic N) is 2. The summed E-state index contributed by atoms with van der Waals surface area (Å²) in [6.07, 6.45) is 1.97. The van der Waals surface area contributed by atoms with Gasteiger partial charge in [0.05, 0.1) is 13.0 Å². The molecule has 1 saturated heterocycles. The highest BCUT2D eigenvalue weighted by atomic mass is 16.5. The third-order valence-corrected chi connectivity index (χ3v) is 5.84. The van der Waals surface area contributed by atoms with Crippen molar-refractivity contribution in [2.45, 2.75) is 32.2 Å². The summed E-state index contributed by atoms with van der Waals surface area (Å²) in [6, 6.07) is 16.1. The molecular formula is C23H26N2O3. The van der Waals surface area contributed by atoms with Gasteiger partial charge in [0.15, 0.2) is 0 Å². The largest absolute Gasteiger partial charge is 0.497 e. The number of anilines is 1. The lowest BCUT2D eigenvalue weighted by atomic mass is 10.1. The highest BCUT2D eigenvalue weighted by molar-refractivity contribution is 6.01. The van der Waals surface area contributed by atoms with Crippen molar-refractivity contribution >= 4 is 17.5 Å². The molecule has 2 aromatic rings.